The van der Waals surface area contributed by atoms with Crippen LogP contribution < -0.4 is 19.5 Å². The van der Waals surface area contributed by atoms with Crippen molar-refractivity contribution in [1.82, 2.24) is 9.78 Å². The van der Waals surface area contributed by atoms with Gasteiger partial charge < -0.3 is 19.5 Å². The summed E-state index contributed by atoms with van der Waals surface area (Å²) in [6.45, 7) is 0.920. The van der Waals surface area contributed by atoms with Gasteiger partial charge in [0, 0.05) is 11.2 Å². The first kappa shape index (κ1) is 18.2. The molecule has 0 saturated heterocycles. The Balaban J connectivity index is 1.41. The number of para-hydroxylation sites is 2. The second-order valence-electron chi connectivity index (χ2n) is 6.25. The monoisotopic (exact) mass is 399 g/mol. The van der Waals surface area contributed by atoms with Crippen molar-refractivity contribution in [2.75, 3.05) is 19.0 Å². The zero-order valence-electron chi connectivity index (χ0n) is 15.1. The number of carbonyl (C=O) groups excluding carboxylic acids is 1. The summed E-state index contributed by atoms with van der Waals surface area (Å²) in [5, 5.41) is 7.54. The minimum atomic E-state index is -0.329. The number of anilines is 1. The SMILES string of the molecule is COc1ccc(Cl)cc1C(=O)Nc1cnn(CC2COc3ccccc3O2)c1. The standard InChI is InChI=1S/C20H18ClN3O4/c1-26-17-7-6-13(21)8-16(17)20(25)23-14-9-22-24(10-14)11-15-12-27-18-4-2-3-5-19(18)28-15/h2-10,15H,11-12H2,1H3,(H,23,25). The Bertz CT molecular complexity index is 1000. The van der Waals surface area contributed by atoms with E-state index in [1.54, 1.807) is 35.3 Å². The van der Waals surface area contributed by atoms with Gasteiger partial charge in [0.15, 0.2) is 17.6 Å². The van der Waals surface area contributed by atoms with Crippen LogP contribution in [0.2, 0.25) is 5.02 Å². The van der Waals surface area contributed by atoms with Crippen LogP contribution >= 0.6 is 11.6 Å². The number of aromatic nitrogens is 2. The van der Waals surface area contributed by atoms with Crippen LogP contribution in [0.15, 0.2) is 54.9 Å². The molecule has 4 rings (SSSR count). The van der Waals surface area contributed by atoms with Crippen molar-refractivity contribution < 1.29 is 19.0 Å². The molecule has 0 fully saturated rings. The number of nitrogens with zero attached hydrogens (tertiary/aromatic N) is 2. The highest BCUT2D eigenvalue weighted by molar-refractivity contribution is 6.31. The lowest BCUT2D eigenvalue weighted by molar-refractivity contribution is 0.0759. The second kappa shape index (κ2) is 7.82. The highest BCUT2D eigenvalue weighted by atomic mass is 35.5. The van der Waals surface area contributed by atoms with Gasteiger partial charge >= 0.3 is 0 Å². The molecule has 1 amide bonds. The fraction of sp³-hybridized carbons (Fsp3) is 0.200. The molecule has 0 radical (unpaired) electrons. The molecular weight excluding hydrogens is 382 g/mol. The first-order valence-corrected chi connectivity index (χ1v) is 9.06. The van der Waals surface area contributed by atoms with Gasteiger partial charge in [0.05, 0.1) is 31.1 Å². The van der Waals surface area contributed by atoms with Crippen molar-refractivity contribution in [1.29, 1.82) is 0 Å². The van der Waals surface area contributed by atoms with Crippen LogP contribution in [0.1, 0.15) is 10.4 Å². The molecule has 1 atom stereocenters. The average molecular weight is 400 g/mol. The smallest absolute Gasteiger partial charge is 0.259 e. The van der Waals surface area contributed by atoms with E-state index in [-0.39, 0.29) is 12.0 Å². The number of methoxy groups -OCH3 is 1. The molecular formula is C20H18ClN3O4. The van der Waals surface area contributed by atoms with Gasteiger partial charge in [-0.15, -0.1) is 0 Å². The maximum atomic E-state index is 12.6. The van der Waals surface area contributed by atoms with Gasteiger partial charge in [-0.3, -0.25) is 9.48 Å². The lowest BCUT2D eigenvalue weighted by Gasteiger charge is -2.26. The van der Waals surface area contributed by atoms with E-state index in [2.05, 4.69) is 10.4 Å². The number of nitrogens with one attached hydrogen (secondary N) is 1. The van der Waals surface area contributed by atoms with Crippen LogP contribution in [0.4, 0.5) is 5.69 Å². The Morgan fingerprint density at radius 3 is 2.96 bits per heavy atom. The summed E-state index contributed by atoms with van der Waals surface area (Å²) in [7, 11) is 1.50. The molecule has 2 aromatic carbocycles. The van der Waals surface area contributed by atoms with E-state index in [4.69, 9.17) is 25.8 Å². The predicted molar refractivity (Wildman–Crippen MR) is 105 cm³/mol. The van der Waals surface area contributed by atoms with Crippen LogP contribution in [0.3, 0.4) is 0 Å². The second-order valence-corrected chi connectivity index (χ2v) is 6.68. The quantitative estimate of drug-likeness (QED) is 0.709. The molecule has 0 bridgehead atoms. The van der Waals surface area contributed by atoms with Crippen LogP contribution in [-0.2, 0) is 6.54 Å². The number of rotatable bonds is 5. The fourth-order valence-electron chi connectivity index (χ4n) is 2.95. The number of hydrogen-bond acceptors (Lipinski definition) is 5. The van der Waals surface area contributed by atoms with Gasteiger partial charge in [-0.2, -0.15) is 5.10 Å². The molecule has 0 saturated carbocycles. The van der Waals surface area contributed by atoms with Gasteiger partial charge in [-0.25, -0.2) is 0 Å². The molecule has 2 heterocycles. The predicted octanol–water partition coefficient (Wildman–Crippen LogP) is 3.64. The van der Waals surface area contributed by atoms with Crippen molar-refractivity contribution in [2.45, 2.75) is 12.6 Å². The minimum Gasteiger partial charge on any atom is -0.496 e. The molecule has 28 heavy (non-hydrogen) atoms. The number of hydrogen-bond donors (Lipinski definition) is 1. The van der Waals surface area contributed by atoms with Gasteiger partial charge in [-0.05, 0) is 30.3 Å². The number of fused-ring (bicyclic) bond motifs is 1. The summed E-state index contributed by atoms with van der Waals surface area (Å²) >= 11 is 5.99. The summed E-state index contributed by atoms with van der Waals surface area (Å²) in [6.07, 6.45) is 3.14. The fourth-order valence-corrected chi connectivity index (χ4v) is 3.12. The van der Waals surface area contributed by atoms with Gasteiger partial charge in [0.25, 0.3) is 5.91 Å². The van der Waals surface area contributed by atoms with Gasteiger partial charge in [0.2, 0.25) is 0 Å². The average Bonchev–Trinajstić information content (AvgIpc) is 3.14. The van der Waals surface area contributed by atoms with Crippen LogP contribution in [0, 0.1) is 0 Å². The van der Waals surface area contributed by atoms with Crippen molar-refractivity contribution in [3.8, 4) is 17.2 Å². The lowest BCUT2D eigenvalue weighted by atomic mass is 10.2. The van der Waals surface area contributed by atoms with Crippen LogP contribution in [-0.4, -0.2) is 35.5 Å². The van der Waals surface area contributed by atoms with E-state index >= 15 is 0 Å². The lowest BCUT2D eigenvalue weighted by Crippen LogP contribution is -2.33. The molecule has 1 N–H and O–H groups in total. The maximum absolute atomic E-state index is 12.6. The van der Waals surface area contributed by atoms with Gasteiger partial charge in [0.1, 0.15) is 12.4 Å². The summed E-state index contributed by atoms with van der Waals surface area (Å²) in [5.74, 6) is 1.57. The Kier molecular flexibility index (Phi) is 5.08. The minimum absolute atomic E-state index is 0.175. The topological polar surface area (TPSA) is 74.6 Å². The third-order valence-electron chi connectivity index (χ3n) is 4.26. The number of amides is 1. The molecule has 7 nitrogen and oxygen atoms in total. The van der Waals surface area contributed by atoms with Crippen LogP contribution in [0.5, 0.6) is 17.2 Å². The van der Waals surface area contributed by atoms with Crippen molar-refractivity contribution in [3.63, 3.8) is 0 Å². The molecule has 0 aliphatic carbocycles. The molecule has 1 aliphatic rings. The third kappa shape index (κ3) is 3.89. The van der Waals surface area contributed by atoms with E-state index in [1.165, 1.54) is 7.11 Å². The van der Waals surface area contributed by atoms with E-state index in [0.717, 1.165) is 5.75 Å². The zero-order valence-corrected chi connectivity index (χ0v) is 15.8. The Labute approximate surface area is 166 Å². The highest BCUT2D eigenvalue weighted by Gasteiger charge is 2.21. The first-order valence-electron chi connectivity index (χ1n) is 8.68. The number of halogens is 1. The highest BCUT2D eigenvalue weighted by Crippen LogP contribution is 2.31. The third-order valence-corrected chi connectivity index (χ3v) is 4.49. The van der Waals surface area contributed by atoms with Crippen molar-refractivity contribution >= 4 is 23.2 Å². The largest absolute Gasteiger partial charge is 0.496 e. The number of carbonyl (C=O) groups is 1. The van der Waals surface area contributed by atoms with Crippen molar-refractivity contribution in [2.24, 2.45) is 0 Å². The molecule has 144 valence electrons. The molecule has 0 spiro atoms. The summed E-state index contributed by atoms with van der Waals surface area (Å²) in [4.78, 5) is 12.6. The molecule has 8 heteroatoms. The maximum Gasteiger partial charge on any atom is 0.259 e. The van der Waals surface area contributed by atoms with E-state index in [9.17, 15) is 4.79 Å². The van der Waals surface area contributed by atoms with Gasteiger partial charge in [-0.1, -0.05) is 23.7 Å². The Morgan fingerprint density at radius 1 is 1.32 bits per heavy atom. The molecule has 3 aromatic rings. The first-order chi connectivity index (χ1) is 13.6. The van der Waals surface area contributed by atoms with E-state index in [0.29, 0.717) is 40.9 Å². The molecule has 1 unspecified atom stereocenters. The normalized spacial score (nSPS) is 15.1. The molecule has 1 aromatic heterocycles. The summed E-state index contributed by atoms with van der Waals surface area (Å²) < 4.78 is 18.6. The zero-order chi connectivity index (χ0) is 19.5. The van der Waals surface area contributed by atoms with Crippen LogP contribution in [0.25, 0.3) is 0 Å². The summed E-state index contributed by atoms with van der Waals surface area (Å²) in [6, 6.07) is 12.4. The van der Waals surface area contributed by atoms with E-state index < -0.39 is 0 Å². The van der Waals surface area contributed by atoms with E-state index in [1.807, 2.05) is 24.3 Å². The summed E-state index contributed by atoms with van der Waals surface area (Å²) in [5.41, 5.74) is 0.910. The Hall–Kier alpha value is -3.19. The number of ether oxygens (including phenoxy) is 3. The molecule has 1 aliphatic heterocycles. The Morgan fingerprint density at radius 2 is 2.14 bits per heavy atom. The number of benzene rings is 2. The van der Waals surface area contributed by atoms with Crippen molar-refractivity contribution in [3.05, 3.63) is 65.4 Å².